The number of carbonyl (C=O) groups is 1. The molecule has 2 N–H and O–H groups in total. The van der Waals surface area contributed by atoms with E-state index >= 15 is 0 Å². The summed E-state index contributed by atoms with van der Waals surface area (Å²) in [6.45, 7) is 3.93. The average molecular weight is 277 g/mol. The van der Waals surface area contributed by atoms with Crippen LogP contribution in [0.1, 0.15) is 12.8 Å². The van der Waals surface area contributed by atoms with Crippen LogP contribution in [0.15, 0.2) is 24.3 Å². The van der Waals surface area contributed by atoms with E-state index in [0.29, 0.717) is 13.0 Å². The molecule has 1 heterocycles. The Labute approximate surface area is 120 Å². The van der Waals surface area contributed by atoms with Crippen molar-refractivity contribution in [1.29, 1.82) is 0 Å². The quantitative estimate of drug-likeness (QED) is 0.652. The van der Waals surface area contributed by atoms with Crippen molar-refractivity contribution in [2.24, 2.45) is 0 Å². The monoisotopic (exact) mass is 277 g/mol. The minimum atomic E-state index is 0.231. The number of nitrogen functional groups attached to an aromatic ring is 1. The number of nitrogens with zero attached hydrogens (tertiary/aromatic N) is 2. The van der Waals surface area contributed by atoms with Crippen LogP contribution in [0.3, 0.4) is 0 Å². The van der Waals surface area contributed by atoms with Crippen molar-refractivity contribution in [1.82, 2.24) is 4.90 Å². The van der Waals surface area contributed by atoms with E-state index in [1.54, 1.807) is 7.11 Å². The van der Waals surface area contributed by atoms with Gasteiger partial charge in [-0.25, -0.2) is 0 Å². The van der Waals surface area contributed by atoms with Crippen LogP contribution in [-0.4, -0.2) is 50.7 Å². The Morgan fingerprint density at radius 2 is 2.05 bits per heavy atom. The third-order valence-corrected chi connectivity index (χ3v) is 3.61. The Kier molecular flexibility index (Phi) is 5.24. The maximum absolute atomic E-state index is 12.0. The number of rotatable bonds is 5. The second-order valence-electron chi connectivity index (χ2n) is 5.06. The maximum Gasteiger partial charge on any atom is 0.222 e. The van der Waals surface area contributed by atoms with E-state index in [1.165, 1.54) is 0 Å². The number of ether oxygens (including phenoxy) is 1. The van der Waals surface area contributed by atoms with E-state index < -0.39 is 0 Å². The fourth-order valence-electron chi connectivity index (χ4n) is 2.46. The van der Waals surface area contributed by atoms with Crippen LogP contribution < -0.4 is 10.6 Å². The van der Waals surface area contributed by atoms with Gasteiger partial charge in [0.15, 0.2) is 0 Å². The van der Waals surface area contributed by atoms with Gasteiger partial charge in [0, 0.05) is 57.7 Å². The molecule has 1 amide bonds. The lowest BCUT2D eigenvalue weighted by Gasteiger charge is -2.36. The molecule has 1 aromatic carbocycles. The SMILES string of the molecule is COCCCC(=O)N1CCN(c2cccc(N)c2)CC1. The third-order valence-electron chi connectivity index (χ3n) is 3.61. The third kappa shape index (κ3) is 3.87. The molecule has 1 aromatic rings. The largest absolute Gasteiger partial charge is 0.399 e. The van der Waals surface area contributed by atoms with Crippen molar-refractivity contribution in [3.05, 3.63) is 24.3 Å². The lowest BCUT2D eigenvalue weighted by molar-refractivity contribution is -0.131. The number of piperazine rings is 1. The summed E-state index contributed by atoms with van der Waals surface area (Å²) in [5, 5.41) is 0. The minimum absolute atomic E-state index is 0.231. The van der Waals surface area contributed by atoms with Crippen molar-refractivity contribution < 1.29 is 9.53 Å². The van der Waals surface area contributed by atoms with E-state index in [2.05, 4.69) is 11.0 Å². The molecule has 20 heavy (non-hydrogen) atoms. The van der Waals surface area contributed by atoms with Gasteiger partial charge in [0.25, 0.3) is 0 Å². The molecule has 2 rings (SSSR count). The molecule has 5 nitrogen and oxygen atoms in total. The molecule has 0 atom stereocenters. The Morgan fingerprint density at radius 1 is 1.30 bits per heavy atom. The van der Waals surface area contributed by atoms with Gasteiger partial charge in [0.1, 0.15) is 0 Å². The first-order valence-electron chi connectivity index (χ1n) is 7.08. The molecule has 0 aromatic heterocycles. The highest BCUT2D eigenvalue weighted by molar-refractivity contribution is 5.76. The first kappa shape index (κ1) is 14.7. The summed E-state index contributed by atoms with van der Waals surface area (Å²) in [5.41, 5.74) is 7.72. The molecule has 0 bridgehead atoms. The van der Waals surface area contributed by atoms with Crippen LogP contribution in [0.2, 0.25) is 0 Å². The van der Waals surface area contributed by atoms with E-state index in [-0.39, 0.29) is 5.91 Å². The minimum Gasteiger partial charge on any atom is -0.399 e. The predicted molar refractivity (Wildman–Crippen MR) is 80.8 cm³/mol. The Hall–Kier alpha value is -1.75. The van der Waals surface area contributed by atoms with Gasteiger partial charge >= 0.3 is 0 Å². The molecule has 0 aliphatic carbocycles. The summed E-state index contributed by atoms with van der Waals surface area (Å²) in [7, 11) is 1.66. The lowest BCUT2D eigenvalue weighted by atomic mass is 10.2. The van der Waals surface area contributed by atoms with Crippen LogP contribution in [0.25, 0.3) is 0 Å². The Balaban J connectivity index is 1.81. The van der Waals surface area contributed by atoms with Gasteiger partial charge < -0.3 is 20.3 Å². The molecule has 0 spiro atoms. The zero-order valence-electron chi connectivity index (χ0n) is 12.0. The summed E-state index contributed by atoms with van der Waals surface area (Å²) in [6.07, 6.45) is 1.37. The van der Waals surface area contributed by atoms with Gasteiger partial charge in [-0.2, -0.15) is 0 Å². The number of amides is 1. The van der Waals surface area contributed by atoms with Crippen molar-refractivity contribution in [3.8, 4) is 0 Å². The molecule has 0 unspecified atom stereocenters. The van der Waals surface area contributed by atoms with Crippen LogP contribution in [-0.2, 0) is 9.53 Å². The normalized spacial score (nSPS) is 15.4. The van der Waals surface area contributed by atoms with E-state index in [9.17, 15) is 4.79 Å². The number of hydrogen-bond acceptors (Lipinski definition) is 4. The summed E-state index contributed by atoms with van der Waals surface area (Å²) in [4.78, 5) is 16.2. The summed E-state index contributed by atoms with van der Waals surface area (Å²) in [5.74, 6) is 0.231. The molecule has 0 radical (unpaired) electrons. The second kappa shape index (κ2) is 7.14. The van der Waals surface area contributed by atoms with Gasteiger partial charge in [-0.3, -0.25) is 4.79 Å². The standard InChI is InChI=1S/C15H23N3O2/c1-20-11-3-6-15(19)18-9-7-17(8-10-18)14-5-2-4-13(16)12-14/h2,4-5,12H,3,6-11,16H2,1H3. The average Bonchev–Trinajstić information content (AvgIpc) is 2.47. The highest BCUT2D eigenvalue weighted by atomic mass is 16.5. The van der Waals surface area contributed by atoms with Crippen molar-refractivity contribution in [2.75, 3.05) is 50.5 Å². The van der Waals surface area contributed by atoms with Gasteiger partial charge in [-0.05, 0) is 24.6 Å². The molecular weight excluding hydrogens is 254 g/mol. The smallest absolute Gasteiger partial charge is 0.222 e. The zero-order chi connectivity index (χ0) is 14.4. The van der Waals surface area contributed by atoms with Gasteiger partial charge in [0.05, 0.1) is 0 Å². The second-order valence-corrected chi connectivity index (χ2v) is 5.06. The number of hydrogen-bond donors (Lipinski definition) is 1. The number of anilines is 2. The topological polar surface area (TPSA) is 58.8 Å². The molecule has 5 heteroatoms. The first-order chi connectivity index (χ1) is 9.70. The number of carbonyl (C=O) groups excluding carboxylic acids is 1. The maximum atomic E-state index is 12.0. The molecule has 1 fully saturated rings. The summed E-state index contributed by atoms with van der Waals surface area (Å²) >= 11 is 0. The van der Waals surface area contributed by atoms with Crippen LogP contribution in [0.4, 0.5) is 11.4 Å². The molecule has 1 aliphatic rings. The molecule has 1 aliphatic heterocycles. The molecule has 110 valence electrons. The predicted octanol–water partition coefficient (Wildman–Crippen LogP) is 1.34. The van der Waals surface area contributed by atoms with E-state index in [1.807, 2.05) is 23.1 Å². The van der Waals surface area contributed by atoms with Crippen LogP contribution in [0, 0.1) is 0 Å². The molecule has 1 saturated heterocycles. The first-order valence-corrected chi connectivity index (χ1v) is 7.08. The van der Waals surface area contributed by atoms with E-state index in [0.717, 1.165) is 44.0 Å². The van der Waals surface area contributed by atoms with E-state index in [4.69, 9.17) is 10.5 Å². The van der Waals surface area contributed by atoms with Crippen molar-refractivity contribution >= 4 is 17.3 Å². The number of methoxy groups -OCH3 is 1. The van der Waals surface area contributed by atoms with Crippen LogP contribution in [0.5, 0.6) is 0 Å². The van der Waals surface area contributed by atoms with Crippen molar-refractivity contribution in [2.45, 2.75) is 12.8 Å². The van der Waals surface area contributed by atoms with Gasteiger partial charge in [-0.15, -0.1) is 0 Å². The highest BCUT2D eigenvalue weighted by Crippen LogP contribution is 2.19. The van der Waals surface area contributed by atoms with Gasteiger partial charge in [0.2, 0.25) is 5.91 Å². The highest BCUT2D eigenvalue weighted by Gasteiger charge is 2.20. The summed E-state index contributed by atoms with van der Waals surface area (Å²) < 4.78 is 4.97. The molecular formula is C15H23N3O2. The van der Waals surface area contributed by atoms with Crippen molar-refractivity contribution in [3.63, 3.8) is 0 Å². The molecule has 0 saturated carbocycles. The zero-order valence-corrected chi connectivity index (χ0v) is 12.0. The van der Waals surface area contributed by atoms with Gasteiger partial charge in [-0.1, -0.05) is 6.07 Å². The Bertz CT molecular complexity index is 442. The fourth-order valence-corrected chi connectivity index (χ4v) is 2.46. The summed E-state index contributed by atoms with van der Waals surface area (Å²) in [6, 6.07) is 7.90. The number of benzene rings is 1. The van der Waals surface area contributed by atoms with Crippen LogP contribution >= 0.6 is 0 Å². The number of nitrogens with two attached hydrogens (primary N) is 1. The Morgan fingerprint density at radius 3 is 2.70 bits per heavy atom. The fraction of sp³-hybridized carbons (Fsp3) is 0.533. The lowest BCUT2D eigenvalue weighted by Crippen LogP contribution is -2.48.